The van der Waals surface area contributed by atoms with Gasteiger partial charge >= 0.3 is 37.7 Å². The first kappa shape index (κ1) is 63.4. The second-order valence-electron chi connectivity index (χ2n) is 18.2. The number of hydrogen-bond acceptors (Lipinski definition) is 6. The first-order chi connectivity index (χ1) is 28.2. The van der Waals surface area contributed by atoms with Gasteiger partial charge in [-0.25, -0.2) is 0 Å². The van der Waals surface area contributed by atoms with Gasteiger partial charge in [-0.3, -0.25) is 0 Å². The predicted molar refractivity (Wildman–Crippen MR) is 256 cm³/mol. The van der Waals surface area contributed by atoms with Crippen LogP contribution in [-0.2, 0) is 9.59 Å². The molecule has 0 saturated carbocycles. The summed E-state index contributed by atoms with van der Waals surface area (Å²) >= 11 is 0. The Morgan fingerprint density at radius 1 is 0.339 bits per heavy atom. The topological polar surface area (TPSA) is 86.7 Å². The minimum absolute atomic E-state index is 0. The van der Waals surface area contributed by atoms with E-state index in [1.165, 1.54) is 232 Å². The number of hydrogen-bond donors (Lipinski definition) is 0. The van der Waals surface area contributed by atoms with Crippen LogP contribution in [-0.4, -0.2) is 97.7 Å². The molecule has 0 N–H and O–H groups in total. The number of nitrogens with zero attached hydrogens (tertiary/aromatic N) is 2. The van der Waals surface area contributed by atoms with E-state index in [0.29, 0.717) is 12.1 Å². The van der Waals surface area contributed by atoms with E-state index in [0.717, 1.165) is 25.7 Å². The largest absolute Gasteiger partial charge is 2.00 e. The summed E-state index contributed by atoms with van der Waals surface area (Å²) in [7, 11) is 0. The molecule has 0 aromatic heterocycles. The van der Waals surface area contributed by atoms with Gasteiger partial charge in [-0.05, 0) is 104 Å². The van der Waals surface area contributed by atoms with E-state index in [2.05, 4.69) is 51.3 Å². The number of carbonyl (C=O) groups is 2. The molecule has 0 amide bonds. The van der Waals surface area contributed by atoms with Crippen molar-refractivity contribution in [3.05, 3.63) is 0 Å². The van der Waals surface area contributed by atoms with Crippen LogP contribution in [0, 0.1) is 0 Å². The Morgan fingerprint density at radius 3 is 0.712 bits per heavy atom. The molecule has 0 fully saturated rings. The molecule has 0 aromatic rings. The second kappa shape index (κ2) is 52.5. The summed E-state index contributed by atoms with van der Waals surface area (Å²) in [5, 5.41) is 21.4. The number of rotatable bonds is 46. The maximum absolute atomic E-state index is 10.7. The number of carbonyl (C=O) groups excluding carboxylic acids is 2. The standard InChI is InChI=1S/2C26H53NO2.Ca/c2*1-4-6-8-10-12-14-16-18-23-27(25(3)21-20-22-26(28)29)24-19-17-15-13-11-9-7-5-2;/h2*25H,4-24H2,1-3H3,(H,28,29);/q;;+2/p-2. The molecule has 0 saturated heterocycles. The van der Waals surface area contributed by atoms with E-state index in [4.69, 9.17) is 0 Å². The molecule has 0 aliphatic carbocycles. The molecule has 7 heteroatoms. The minimum atomic E-state index is -0.908. The van der Waals surface area contributed by atoms with E-state index >= 15 is 0 Å². The van der Waals surface area contributed by atoms with Crippen LogP contribution >= 0.6 is 0 Å². The van der Waals surface area contributed by atoms with E-state index < -0.39 is 11.9 Å². The maximum Gasteiger partial charge on any atom is 2.00 e. The fourth-order valence-electron chi connectivity index (χ4n) is 8.35. The number of unbranched alkanes of at least 4 members (excludes halogenated alkanes) is 28. The normalized spacial score (nSPS) is 12.3. The Bertz CT molecular complexity index is 725. The number of aliphatic carboxylic acids is 2. The molecule has 0 aliphatic rings. The molecule has 0 rings (SSSR count). The maximum atomic E-state index is 10.7. The molecule has 59 heavy (non-hydrogen) atoms. The first-order valence-corrected chi connectivity index (χ1v) is 26.1. The van der Waals surface area contributed by atoms with Crippen LogP contribution < -0.4 is 10.2 Å². The van der Waals surface area contributed by atoms with Gasteiger partial charge in [0.05, 0.1) is 0 Å². The molecule has 6 nitrogen and oxygen atoms in total. The van der Waals surface area contributed by atoms with E-state index in [1.807, 2.05) is 0 Å². The van der Waals surface area contributed by atoms with Crippen molar-refractivity contribution >= 4 is 49.7 Å². The first-order valence-electron chi connectivity index (χ1n) is 26.1. The van der Waals surface area contributed by atoms with Crippen molar-refractivity contribution in [3.63, 3.8) is 0 Å². The average molecular weight is 861 g/mol. The second-order valence-corrected chi connectivity index (χ2v) is 18.2. The van der Waals surface area contributed by atoms with Gasteiger partial charge in [0.2, 0.25) is 0 Å². The third-order valence-corrected chi connectivity index (χ3v) is 12.4. The van der Waals surface area contributed by atoms with Crippen LogP contribution in [0.1, 0.15) is 286 Å². The Balaban J connectivity index is -0.00000105. The van der Waals surface area contributed by atoms with Gasteiger partial charge in [0.25, 0.3) is 0 Å². The van der Waals surface area contributed by atoms with Crippen LogP contribution in [0.15, 0.2) is 0 Å². The molecule has 0 aliphatic heterocycles. The van der Waals surface area contributed by atoms with Crippen molar-refractivity contribution in [2.75, 3.05) is 26.2 Å². The zero-order chi connectivity index (χ0) is 43.2. The van der Waals surface area contributed by atoms with E-state index in [9.17, 15) is 19.8 Å². The third kappa shape index (κ3) is 50.6. The van der Waals surface area contributed by atoms with Crippen LogP contribution in [0.5, 0.6) is 0 Å². The smallest absolute Gasteiger partial charge is 0.550 e. The summed E-state index contributed by atoms with van der Waals surface area (Å²) < 4.78 is 0. The van der Waals surface area contributed by atoms with Gasteiger partial charge in [-0.2, -0.15) is 0 Å². The molecule has 0 bridgehead atoms. The summed E-state index contributed by atoms with van der Waals surface area (Å²) in [4.78, 5) is 26.7. The third-order valence-electron chi connectivity index (χ3n) is 12.4. The molecule has 0 radical (unpaired) electrons. The summed E-state index contributed by atoms with van der Waals surface area (Å²) in [6.45, 7) is 18.4. The molecule has 2 atom stereocenters. The molecule has 348 valence electrons. The Kier molecular flexibility index (Phi) is 56.4. The molecular formula is C52H104CaN2O4. The van der Waals surface area contributed by atoms with Crippen LogP contribution in [0.4, 0.5) is 0 Å². The van der Waals surface area contributed by atoms with Gasteiger partial charge in [0.15, 0.2) is 0 Å². The van der Waals surface area contributed by atoms with E-state index in [-0.39, 0.29) is 50.6 Å². The van der Waals surface area contributed by atoms with Crippen LogP contribution in [0.2, 0.25) is 0 Å². The molecular weight excluding hydrogens is 757 g/mol. The summed E-state index contributed by atoms with van der Waals surface area (Å²) in [5.41, 5.74) is 0. The molecule has 0 aromatic carbocycles. The van der Waals surface area contributed by atoms with Crippen molar-refractivity contribution in [1.29, 1.82) is 0 Å². The molecule has 0 spiro atoms. The SMILES string of the molecule is CCCCCCCCCCN(CCCCCCCCCC)C(C)CCCC(=O)[O-].CCCCCCCCCCN(CCCCCCCCCC)C(C)CCCC(=O)[O-].[Ca+2]. The quantitative estimate of drug-likeness (QED) is 0.0448. The van der Waals surface area contributed by atoms with Gasteiger partial charge in [0, 0.05) is 24.0 Å². The van der Waals surface area contributed by atoms with Crippen molar-refractivity contribution < 1.29 is 19.8 Å². The van der Waals surface area contributed by atoms with Gasteiger partial charge in [0.1, 0.15) is 0 Å². The Hall–Kier alpha value is 0.120. The Labute approximate surface area is 400 Å². The van der Waals surface area contributed by atoms with Gasteiger partial charge in [-0.15, -0.1) is 0 Å². The van der Waals surface area contributed by atoms with E-state index in [1.54, 1.807) is 0 Å². The zero-order valence-electron chi connectivity index (χ0n) is 41.1. The van der Waals surface area contributed by atoms with Gasteiger partial charge in [-0.1, -0.05) is 207 Å². The minimum Gasteiger partial charge on any atom is -0.550 e. The predicted octanol–water partition coefficient (Wildman–Crippen LogP) is 13.4. The summed E-state index contributed by atoms with van der Waals surface area (Å²) in [6.07, 6.45) is 47.4. The Morgan fingerprint density at radius 2 is 0.525 bits per heavy atom. The van der Waals surface area contributed by atoms with Crippen molar-refractivity contribution in [1.82, 2.24) is 9.80 Å². The monoisotopic (exact) mass is 861 g/mol. The molecule has 0 heterocycles. The van der Waals surface area contributed by atoms with Crippen LogP contribution in [0.3, 0.4) is 0 Å². The van der Waals surface area contributed by atoms with Crippen molar-refractivity contribution in [2.45, 2.75) is 298 Å². The van der Waals surface area contributed by atoms with Crippen LogP contribution in [0.25, 0.3) is 0 Å². The summed E-state index contributed by atoms with van der Waals surface area (Å²) in [5.74, 6) is -1.82. The fraction of sp³-hybridized carbons (Fsp3) is 0.962. The summed E-state index contributed by atoms with van der Waals surface area (Å²) in [6, 6.07) is 0.979. The zero-order valence-corrected chi connectivity index (χ0v) is 43.3. The fourth-order valence-corrected chi connectivity index (χ4v) is 8.35. The average Bonchev–Trinajstić information content (AvgIpc) is 3.20. The molecule has 2 unspecified atom stereocenters. The van der Waals surface area contributed by atoms with Gasteiger partial charge < -0.3 is 29.6 Å². The van der Waals surface area contributed by atoms with Crippen molar-refractivity contribution in [2.24, 2.45) is 0 Å². The number of carboxylic acids is 2. The van der Waals surface area contributed by atoms with Crippen molar-refractivity contribution in [3.8, 4) is 0 Å². The number of carboxylic acid groups (broad SMARTS) is 2.